The minimum Gasteiger partial charge on any atom is -0.450 e. The summed E-state index contributed by atoms with van der Waals surface area (Å²) in [5.41, 5.74) is 3.41. The van der Waals surface area contributed by atoms with Crippen LogP contribution in [0.3, 0.4) is 0 Å². The van der Waals surface area contributed by atoms with E-state index >= 15 is 0 Å². The van der Waals surface area contributed by atoms with Crippen LogP contribution in [0.5, 0.6) is 0 Å². The Morgan fingerprint density at radius 2 is 2.13 bits per heavy atom. The van der Waals surface area contributed by atoms with E-state index in [-0.39, 0.29) is 37.7 Å². The largest absolute Gasteiger partial charge is 0.450 e. The van der Waals surface area contributed by atoms with Gasteiger partial charge in [-0.05, 0) is 24.0 Å². The van der Waals surface area contributed by atoms with Gasteiger partial charge < -0.3 is 5.02 Å². The molecule has 1 aliphatic rings. The van der Waals surface area contributed by atoms with Crippen LogP contribution in [0.4, 0.5) is 0 Å². The van der Waals surface area contributed by atoms with Crippen molar-refractivity contribution in [2.45, 2.75) is 12.8 Å². The molecular formula is C12H12BHoO. The molecule has 1 aromatic rings. The maximum Gasteiger partial charge on any atom is 0.326 e. The number of benzene rings is 1. The van der Waals surface area contributed by atoms with Gasteiger partial charge in [0.15, 0.2) is 0 Å². The third kappa shape index (κ3) is 3.49. The smallest absolute Gasteiger partial charge is 0.326 e. The van der Waals surface area contributed by atoms with Gasteiger partial charge in [0.25, 0.3) is 0 Å². The summed E-state index contributed by atoms with van der Waals surface area (Å²) in [4.78, 5) is 0. The van der Waals surface area contributed by atoms with Crippen LogP contribution in [0, 0.1) is 37.7 Å². The molecule has 3 heteroatoms. The van der Waals surface area contributed by atoms with Gasteiger partial charge in [-0.3, -0.25) is 0 Å². The number of rotatable bonds is 2. The van der Waals surface area contributed by atoms with Crippen LogP contribution in [0.15, 0.2) is 42.5 Å². The van der Waals surface area contributed by atoms with Crippen LogP contribution >= 0.6 is 0 Å². The molecule has 1 N–H and O–H groups in total. The third-order valence-corrected chi connectivity index (χ3v) is 2.42. The summed E-state index contributed by atoms with van der Waals surface area (Å²) < 4.78 is 0. The van der Waals surface area contributed by atoms with Gasteiger partial charge in [0.1, 0.15) is 0 Å². The molecule has 0 unspecified atom stereocenters. The zero-order valence-electron chi connectivity index (χ0n) is 8.28. The molecule has 0 aromatic heterocycles. The van der Waals surface area contributed by atoms with Crippen molar-refractivity contribution in [3.05, 3.63) is 48.1 Å². The van der Waals surface area contributed by atoms with Crippen LogP contribution in [0.1, 0.15) is 18.4 Å². The van der Waals surface area contributed by atoms with Crippen LogP contribution in [-0.2, 0) is 0 Å². The molecular weight excluding hydrogens is 336 g/mol. The van der Waals surface area contributed by atoms with Gasteiger partial charge in [-0.15, -0.1) is 0 Å². The molecule has 2 rings (SSSR count). The molecule has 0 spiro atoms. The van der Waals surface area contributed by atoms with Crippen LogP contribution in [-0.4, -0.2) is 12.5 Å². The second kappa shape index (κ2) is 6.54. The SMILES string of the molecule is O[B]c1cccc(C2=CC=CCC2)c1.[Ho]. The summed E-state index contributed by atoms with van der Waals surface area (Å²) >= 11 is 0. The summed E-state index contributed by atoms with van der Waals surface area (Å²) in [5, 5.41) is 8.90. The van der Waals surface area contributed by atoms with Crippen molar-refractivity contribution in [3.8, 4) is 0 Å². The van der Waals surface area contributed by atoms with E-state index in [2.05, 4.69) is 24.3 Å². The van der Waals surface area contributed by atoms with E-state index < -0.39 is 0 Å². The topological polar surface area (TPSA) is 20.2 Å². The molecule has 80 valence electrons. The van der Waals surface area contributed by atoms with Crippen LogP contribution in [0.25, 0.3) is 5.57 Å². The number of allylic oxidation sites excluding steroid dienone is 4. The predicted octanol–water partition coefficient (Wildman–Crippen LogP) is 1.66. The Balaban J connectivity index is 0.00000112. The Labute approximate surface area is 121 Å². The van der Waals surface area contributed by atoms with Gasteiger partial charge in [-0.25, -0.2) is 0 Å². The molecule has 0 atom stereocenters. The van der Waals surface area contributed by atoms with Crippen molar-refractivity contribution in [2.75, 3.05) is 0 Å². The van der Waals surface area contributed by atoms with Crippen molar-refractivity contribution in [3.63, 3.8) is 0 Å². The molecule has 0 aliphatic heterocycles. The molecule has 0 amide bonds. The molecule has 15 heavy (non-hydrogen) atoms. The molecule has 0 saturated carbocycles. The Bertz CT molecular complexity index is 385. The maximum absolute atomic E-state index is 8.90. The molecule has 0 heterocycles. The average Bonchev–Trinajstić information content (AvgIpc) is 2.30. The predicted molar refractivity (Wildman–Crippen MR) is 60.4 cm³/mol. The summed E-state index contributed by atoms with van der Waals surface area (Å²) in [6.45, 7) is 0. The first-order chi connectivity index (χ1) is 6.90. The monoisotopic (exact) mass is 348 g/mol. The van der Waals surface area contributed by atoms with E-state index in [1.807, 2.05) is 18.2 Å². The Kier molecular flexibility index (Phi) is 5.69. The zero-order chi connectivity index (χ0) is 9.80. The fraction of sp³-hybridized carbons (Fsp3) is 0.167. The van der Waals surface area contributed by atoms with Crippen molar-refractivity contribution < 1.29 is 42.8 Å². The summed E-state index contributed by atoms with van der Waals surface area (Å²) in [5.74, 6) is 0. The van der Waals surface area contributed by atoms with Gasteiger partial charge in [0.2, 0.25) is 0 Å². The first kappa shape index (κ1) is 13.1. The van der Waals surface area contributed by atoms with Gasteiger partial charge in [0.05, 0.1) is 0 Å². The Morgan fingerprint density at radius 3 is 2.80 bits per heavy atom. The van der Waals surface area contributed by atoms with Crippen LogP contribution < -0.4 is 5.46 Å². The van der Waals surface area contributed by atoms with E-state index in [1.54, 1.807) is 0 Å². The third-order valence-electron chi connectivity index (χ3n) is 2.42. The zero-order valence-corrected chi connectivity index (χ0v) is 10.2. The number of hydrogen-bond acceptors (Lipinski definition) is 1. The minimum atomic E-state index is 0. The second-order valence-electron chi connectivity index (χ2n) is 3.41. The molecule has 0 bridgehead atoms. The molecule has 1 nitrogen and oxygen atoms in total. The molecule has 0 saturated heterocycles. The molecule has 2 radical (unpaired) electrons. The van der Waals surface area contributed by atoms with Crippen molar-refractivity contribution in [1.82, 2.24) is 0 Å². The van der Waals surface area contributed by atoms with E-state index in [0.29, 0.717) is 0 Å². The minimum absolute atomic E-state index is 0. The van der Waals surface area contributed by atoms with Crippen molar-refractivity contribution >= 4 is 18.5 Å². The number of hydrogen-bond donors (Lipinski definition) is 1. The van der Waals surface area contributed by atoms with E-state index in [0.717, 1.165) is 25.8 Å². The fourth-order valence-electron chi connectivity index (χ4n) is 1.66. The molecule has 0 fully saturated rings. The molecule has 1 aliphatic carbocycles. The van der Waals surface area contributed by atoms with E-state index in [4.69, 9.17) is 5.02 Å². The maximum atomic E-state index is 8.90. The van der Waals surface area contributed by atoms with Gasteiger partial charge in [-0.2, -0.15) is 0 Å². The first-order valence-corrected chi connectivity index (χ1v) is 4.84. The quantitative estimate of drug-likeness (QED) is 0.807. The Morgan fingerprint density at radius 1 is 1.27 bits per heavy atom. The average molecular weight is 348 g/mol. The second-order valence-corrected chi connectivity index (χ2v) is 3.41. The van der Waals surface area contributed by atoms with Gasteiger partial charge in [-0.1, -0.05) is 48.0 Å². The van der Waals surface area contributed by atoms with E-state index in [9.17, 15) is 0 Å². The summed E-state index contributed by atoms with van der Waals surface area (Å²) in [6, 6.07) is 7.95. The van der Waals surface area contributed by atoms with Crippen molar-refractivity contribution in [2.24, 2.45) is 0 Å². The standard InChI is InChI=1S/C12H12BO.Ho/c14-13-12-8-4-7-11(9-12)10-5-2-1-3-6-10;/h1-2,4-5,7-9,14H,3,6H2;. The normalized spacial score (nSPS) is 14.1. The first-order valence-electron chi connectivity index (χ1n) is 4.84. The van der Waals surface area contributed by atoms with Crippen molar-refractivity contribution in [1.29, 1.82) is 0 Å². The Hall–Kier alpha value is -0.0153. The fourth-order valence-corrected chi connectivity index (χ4v) is 1.66. The van der Waals surface area contributed by atoms with Gasteiger partial charge in [0, 0.05) is 37.7 Å². The van der Waals surface area contributed by atoms with Crippen LogP contribution in [0.2, 0.25) is 0 Å². The van der Waals surface area contributed by atoms with Gasteiger partial charge >= 0.3 is 7.48 Å². The summed E-state index contributed by atoms with van der Waals surface area (Å²) in [7, 11) is 1.14. The molecule has 1 aromatic carbocycles. The summed E-state index contributed by atoms with van der Waals surface area (Å²) in [6.07, 6.45) is 8.60. The van der Waals surface area contributed by atoms with E-state index in [1.165, 1.54) is 11.1 Å².